The Hall–Kier alpha value is -1.84. The molecule has 0 spiro atoms. The molecule has 0 aliphatic heterocycles. The largest absolute Gasteiger partial charge is 0.480 e. The Morgan fingerprint density at radius 2 is 2.00 bits per heavy atom. The summed E-state index contributed by atoms with van der Waals surface area (Å²) in [6.07, 6.45) is 0.139. The number of hydrogen-bond donors (Lipinski definition) is 1. The highest BCUT2D eigenvalue weighted by molar-refractivity contribution is 5.99. The van der Waals surface area contributed by atoms with Gasteiger partial charge in [-0.2, -0.15) is 0 Å². The van der Waals surface area contributed by atoms with Gasteiger partial charge in [-0.15, -0.1) is 0 Å². The van der Waals surface area contributed by atoms with Crippen molar-refractivity contribution in [1.29, 1.82) is 0 Å². The van der Waals surface area contributed by atoms with E-state index in [1.807, 2.05) is 31.2 Å². The van der Waals surface area contributed by atoms with Gasteiger partial charge in [0.25, 0.3) is 0 Å². The molecule has 1 unspecified atom stereocenters. The van der Waals surface area contributed by atoms with Crippen molar-refractivity contribution in [3.63, 3.8) is 0 Å². The second-order valence-corrected chi connectivity index (χ2v) is 5.32. The van der Waals surface area contributed by atoms with Gasteiger partial charge in [-0.25, -0.2) is 0 Å². The topological polar surface area (TPSA) is 63.6 Å². The molecule has 4 heteroatoms. The number of carboxylic acid groups (broad SMARTS) is 1. The standard InChI is InChI=1S/C16H22O4/c1-5-20-15(19)16(11(2)3,14(17)18)10-13-8-6-7-12(4)9-13/h6-9,11H,5,10H2,1-4H3,(H,17,18). The molecule has 0 heterocycles. The Kier molecular flexibility index (Phi) is 5.31. The highest BCUT2D eigenvalue weighted by Crippen LogP contribution is 2.34. The predicted octanol–water partition coefficient (Wildman–Crippen LogP) is 2.83. The van der Waals surface area contributed by atoms with Crippen molar-refractivity contribution in [2.24, 2.45) is 11.3 Å². The van der Waals surface area contributed by atoms with Crippen molar-refractivity contribution < 1.29 is 19.4 Å². The van der Waals surface area contributed by atoms with Crippen LogP contribution in [0.1, 0.15) is 31.9 Å². The second-order valence-electron chi connectivity index (χ2n) is 5.32. The third-order valence-electron chi connectivity index (χ3n) is 3.57. The van der Waals surface area contributed by atoms with Crippen LogP contribution in [0.5, 0.6) is 0 Å². The number of aryl methyl sites for hydroxylation is 1. The lowest BCUT2D eigenvalue weighted by Gasteiger charge is -2.31. The molecule has 0 saturated carbocycles. The SMILES string of the molecule is CCOC(=O)C(Cc1cccc(C)c1)(C(=O)O)C(C)C. The van der Waals surface area contributed by atoms with Crippen molar-refractivity contribution in [3.05, 3.63) is 35.4 Å². The van der Waals surface area contributed by atoms with Crippen LogP contribution < -0.4 is 0 Å². The molecule has 1 aromatic carbocycles. The van der Waals surface area contributed by atoms with Crippen molar-refractivity contribution in [2.45, 2.75) is 34.1 Å². The summed E-state index contributed by atoms with van der Waals surface area (Å²) in [6.45, 7) is 7.26. The Morgan fingerprint density at radius 3 is 2.45 bits per heavy atom. The minimum Gasteiger partial charge on any atom is -0.480 e. The summed E-state index contributed by atoms with van der Waals surface area (Å²) in [7, 11) is 0. The maximum atomic E-state index is 12.2. The number of aliphatic carboxylic acids is 1. The smallest absolute Gasteiger partial charge is 0.324 e. The van der Waals surface area contributed by atoms with Crippen molar-refractivity contribution in [1.82, 2.24) is 0 Å². The van der Waals surface area contributed by atoms with E-state index in [0.29, 0.717) is 0 Å². The van der Waals surface area contributed by atoms with E-state index in [0.717, 1.165) is 11.1 Å². The number of carbonyl (C=O) groups is 2. The number of carboxylic acids is 1. The van der Waals surface area contributed by atoms with E-state index in [4.69, 9.17) is 4.74 Å². The Balaban J connectivity index is 3.23. The molecule has 1 N–H and O–H groups in total. The van der Waals surface area contributed by atoms with Gasteiger partial charge in [-0.3, -0.25) is 9.59 Å². The van der Waals surface area contributed by atoms with E-state index in [-0.39, 0.29) is 18.9 Å². The molecule has 4 nitrogen and oxygen atoms in total. The zero-order valence-corrected chi connectivity index (χ0v) is 12.5. The van der Waals surface area contributed by atoms with Crippen molar-refractivity contribution >= 4 is 11.9 Å². The van der Waals surface area contributed by atoms with Gasteiger partial charge >= 0.3 is 11.9 Å². The molecule has 20 heavy (non-hydrogen) atoms. The molecule has 0 amide bonds. The lowest BCUT2D eigenvalue weighted by atomic mass is 9.72. The molecule has 0 bridgehead atoms. The predicted molar refractivity (Wildman–Crippen MR) is 76.4 cm³/mol. The molecule has 0 radical (unpaired) electrons. The number of carbonyl (C=O) groups excluding carboxylic acids is 1. The maximum absolute atomic E-state index is 12.2. The highest BCUT2D eigenvalue weighted by Gasteiger charge is 2.50. The fourth-order valence-electron chi connectivity index (χ4n) is 2.33. The van der Waals surface area contributed by atoms with Crippen LogP contribution in [0.4, 0.5) is 0 Å². The first-order valence-electron chi connectivity index (χ1n) is 6.80. The van der Waals surface area contributed by atoms with E-state index in [1.54, 1.807) is 20.8 Å². The van der Waals surface area contributed by atoms with Gasteiger partial charge in [0, 0.05) is 0 Å². The quantitative estimate of drug-likeness (QED) is 0.642. The summed E-state index contributed by atoms with van der Waals surface area (Å²) >= 11 is 0. The average molecular weight is 278 g/mol. The Bertz CT molecular complexity index is 493. The van der Waals surface area contributed by atoms with E-state index in [2.05, 4.69) is 0 Å². The van der Waals surface area contributed by atoms with Crippen LogP contribution >= 0.6 is 0 Å². The Morgan fingerprint density at radius 1 is 1.35 bits per heavy atom. The van der Waals surface area contributed by atoms with Gasteiger partial charge in [0.1, 0.15) is 0 Å². The minimum absolute atomic E-state index is 0.139. The first kappa shape index (κ1) is 16.2. The van der Waals surface area contributed by atoms with Crippen LogP contribution in [-0.4, -0.2) is 23.7 Å². The number of benzene rings is 1. The van der Waals surface area contributed by atoms with Crippen molar-refractivity contribution in [3.8, 4) is 0 Å². The molecular formula is C16H22O4. The first-order valence-corrected chi connectivity index (χ1v) is 6.80. The van der Waals surface area contributed by atoms with E-state index in [1.165, 1.54) is 0 Å². The van der Waals surface area contributed by atoms with Gasteiger partial charge < -0.3 is 9.84 Å². The summed E-state index contributed by atoms with van der Waals surface area (Å²) in [5, 5.41) is 9.62. The molecule has 0 aliphatic carbocycles. The highest BCUT2D eigenvalue weighted by atomic mass is 16.5. The molecule has 1 rings (SSSR count). The van der Waals surface area contributed by atoms with Gasteiger partial charge in [0.15, 0.2) is 5.41 Å². The van der Waals surface area contributed by atoms with E-state index >= 15 is 0 Å². The average Bonchev–Trinajstić information content (AvgIpc) is 2.35. The number of ether oxygens (including phenoxy) is 1. The van der Waals surface area contributed by atoms with Crippen molar-refractivity contribution in [2.75, 3.05) is 6.61 Å². The molecule has 0 aromatic heterocycles. The molecule has 1 atom stereocenters. The third-order valence-corrected chi connectivity index (χ3v) is 3.57. The summed E-state index contributed by atoms with van der Waals surface area (Å²) in [4.78, 5) is 24.0. The Labute approximate surface area is 119 Å². The molecule has 1 aromatic rings. The van der Waals surface area contributed by atoms with Gasteiger partial charge in [0.2, 0.25) is 0 Å². The lowest BCUT2D eigenvalue weighted by Crippen LogP contribution is -2.47. The van der Waals surface area contributed by atoms with Crippen LogP contribution in [0.25, 0.3) is 0 Å². The zero-order valence-electron chi connectivity index (χ0n) is 12.5. The maximum Gasteiger partial charge on any atom is 0.324 e. The van der Waals surface area contributed by atoms with Crippen LogP contribution in [0.3, 0.4) is 0 Å². The summed E-state index contributed by atoms with van der Waals surface area (Å²) in [5.74, 6) is -2.16. The van der Waals surface area contributed by atoms with Gasteiger partial charge in [-0.1, -0.05) is 43.7 Å². The molecule has 110 valence electrons. The summed E-state index contributed by atoms with van der Waals surface area (Å²) in [6, 6.07) is 7.54. The van der Waals surface area contributed by atoms with Gasteiger partial charge in [0.05, 0.1) is 6.61 Å². The number of hydrogen-bond acceptors (Lipinski definition) is 3. The van der Waals surface area contributed by atoms with E-state index < -0.39 is 17.4 Å². The molecule has 0 saturated heterocycles. The van der Waals surface area contributed by atoms with E-state index in [9.17, 15) is 14.7 Å². The number of rotatable bonds is 6. The summed E-state index contributed by atoms with van der Waals surface area (Å²) < 4.78 is 5.01. The second kappa shape index (κ2) is 6.55. The third kappa shape index (κ3) is 3.18. The first-order chi connectivity index (χ1) is 9.34. The summed E-state index contributed by atoms with van der Waals surface area (Å²) in [5.41, 5.74) is 0.327. The van der Waals surface area contributed by atoms with Gasteiger partial charge in [-0.05, 0) is 31.7 Å². The fourth-order valence-corrected chi connectivity index (χ4v) is 2.33. The molecule has 0 aliphatic rings. The molecular weight excluding hydrogens is 256 g/mol. The van der Waals surface area contributed by atoms with Crippen LogP contribution in [-0.2, 0) is 20.7 Å². The van der Waals surface area contributed by atoms with Crippen LogP contribution in [0, 0.1) is 18.3 Å². The monoisotopic (exact) mass is 278 g/mol. The lowest BCUT2D eigenvalue weighted by molar-refractivity contribution is -0.172. The normalized spacial score (nSPS) is 13.8. The number of esters is 1. The molecule has 0 fully saturated rings. The zero-order chi connectivity index (χ0) is 15.3. The van der Waals surface area contributed by atoms with Crippen LogP contribution in [0.2, 0.25) is 0 Å². The fraction of sp³-hybridized carbons (Fsp3) is 0.500. The van der Waals surface area contributed by atoms with Crippen LogP contribution in [0.15, 0.2) is 24.3 Å². The minimum atomic E-state index is -1.54.